The number of fused-ring (bicyclic) bond motifs is 1. The SMILES string of the molecule is COc1cc2c(cc1OC)CN(C[C@H]1C[C@@H](c3ccc(CO)cc3)O[C@@H](c3ccc(-c4cccc(CNC(=O)CCCCCC(=O)O)c4)cc3)O1)CC2. The Hall–Kier alpha value is -4.74. The lowest BCUT2D eigenvalue weighted by molar-refractivity contribution is -0.253. The summed E-state index contributed by atoms with van der Waals surface area (Å²) < 4.78 is 24.5. The van der Waals surface area contributed by atoms with Gasteiger partial charge in [0.25, 0.3) is 0 Å². The van der Waals surface area contributed by atoms with Crippen LogP contribution in [-0.2, 0) is 45.2 Å². The number of aliphatic hydroxyl groups is 1. The summed E-state index contributed by atoms with van der Waals surface area (Å²) >= 11 is 0. The first kappa shape index (κ1) is 38.0. The van der Waals surface area contributed by atoms with Crippen LogP contribution in [0.2, 0.25) is 0 Å². The lowest BCUT2D eigenvalue weighted by atomic mass is 9.96. The van der Waals surface area contributed by atoms with Gasteiger partial charge in [-0.1, -0.05) is 73.2 Å². The zero-order valence-corrected chi connectivity index (χ0v) is 30.6. The van der Waals surface area contributed by atoms with Crippen LogP contribution in [0.4, 0.5) is 0 Å². The number of nitrogens with zero attached hydrogens (tertiary/aromatic N) is 1. The average Bonchev–Trinajstić information content (AvgIpc) is 3.19. The molecule has 4 aromatic rings. The van der Waals surface area contributed by atoms with E-state index in [1.165, 1.54) is 11.1 Å². The zero-order chi connectivity index (χ0) is 37.2. The summed E-state index contributed by atoms with van der Waals surface area (Å²) in [5, 5.41) is 21.4. The number of ether oxygens (including phenoxy) is 4. The summed E-state index contributed by atoms with van der Waals surface area (Å²) in [6, 6.07) is 28.5. The highest BCUT2D eigenvalue weighted by Gasteiger charge is 2.34. The van der Waals surface area contributed by atoms with E-state index in [1.54, 1.807) is 14.2 Å². The smallest absolute Gasteiger partial charge is 0.303 e. The van der Waals surface area contributed by atoms with Gasteiger partial charge in [0.05, 0.1) is 33.0 Å². The fourth-order valence-corrected chi connectivity index (χ4v) is 7.14. The fraction of sp³-hybridized carbons (Fsp3) is 0.395. The molecule has 3 atom stereocenters. The number of methoxy groups -OCH3 is 2. The second kappa shape index (κ2) is 18.3. The molecule has 1 fully saturated rings. The van der Waals surface area contributed by atoms with E-state index in [9.17, 15) is 14.7 Å². The quantitative estimate of drug-likeness (QED) is 0.104. The number of hydrogen-bond donors (Lipinski definition) is 3. The van der Waals surface area contributed by atoms with Gasteiger partial charge in [-0.3, -0.25) is 14.5 Å². The minimum Gasteiger partial charge on any atom is -0.493 e. The largest absolute Gasteiger partial charge is 0.493 e. The maximum absolute atomic E-state index is 12.4. The molecule has 0 unspecified atom stereocenters. The molecule has 0 bridgehead atoms. The van der Waals surface area contributed by atoms with E-state index >= 15 is 0 Å². The molecule has 1 amide bonds. The van der Waals surface area contributed by atoms with Crippen molar-refractivity contribution < 1.29 is 38.7 Å². The van der Waals surface area contributed by atoms with Crippen LogP contribution in [0.5, 0.6) is 11.5 Å². The van der Waals surface area contributed by atoms with E-state index in [4.69, 9.17) is 24.1 Å². The van der Waals surface area contributed by atoms with Crippen molar-refractivity contribution >= 4 is 11.9 Å². The standard InChI is InChI=1S/C43H50N2O8/c1-50-39-22-35-19-20-45(26-36(35)23-40(39)51-2)27-37-24-38(32-13-11-29(28-46)12-14-32)53-43(52-37)33-17-15-31(16-18-33)34-8-6-7-30(21-34)25-44-41(47)9-4-3-5-10-42(48)49/h6-8,11-18,21-23,37-38,43,46H,3-5,9-10,19-20,24-28H2,1-2H3,(H,44,47)(H,48,49)/t37-,38+,43+/m1/s1. The normalized spacial score (nSPS) is 18.6. The predicted molar refractivity (Wildman–Crippen MR) is 201 cm³/mol. The van der Waals surface area contributed by atoms with Gasteiger partial charge in [0, 0.05) is 51.0 Å². The van der Waals surface area contributed by atoms with Crippen LogP contribution in [0.1, 0.15) is 84.3 Å². The fourth-order valence-electron chi connectivity index (χ4n) is 7.14. The predicted octanol–water partition coefficient (Wildman–Crippen LogP) is 7.12. The number of amides is 1. The summed E-state index contributed by atoms with van der Waals surface area (Å²) in [4.78, 5) is 25.5. The number of rotatable bonds is 16. The van der Waals surface area contributed by atoms with Gasteiger partial charge in [-0.2, -0.15) is 0 Å². The van der Waals surface area contributed by atoms with Crippen molar-refractivity contribution in [2.24, 2.45) is 0 Å². The second-order valence-electron chi connectivity index (χ2n) is 13.9. The van der Waals surface area contributed by atoms with E-state index in [-0.39, 0.29) is 31.1 Å². The Bertz CT molecular complexity index is 1830. The topological polar surface area (TPSA) is 127 Å². The number of carboxylic acids is 1. The third-order valence-electron chi connectivity index (χ3n) is 10.1. The third kappa shape index (κ3) is 10.2. The molecule has 0 aromatic heterocycles. The molecule has 0 radical (unpaired) electrons. The Morgan fingerprint density at radius 1 is 0.811 bits per heavy atom. The van der Waals surface area contributed by atoms with Crippen LogP contribution in [0.15, 0.2) is 84.9 Å². The Morgan fingerprint density at radius 3 is 2.25 bits per heavy atom. The molecule has 0 saturated carbocycles. The van der Waals surface area contributed by atoms with Gasteiger partial charge in [0.15, 0.2) is 17.8 Å². The molecule has 0 spiro atoms. The van der Waals surface area contributed by atoms with Gasteiger partial charge in [-0.15, -0.1) is 0 Å². The first-order chi connectivity index (χ1) is 25.8. The molecule has 0 aliphatic carbocycles. The molecule has 280 valence electrons. The van der Waals surface area contributed by atoms with Gasteiger partial charge in [0.2, 0.25) is 5.91 Å². The van der Waals surface area contributed by atoms with Crippen LogP contribution in [-0.4, -0.2) is 60.4 Å². The van der Waals surface area contributed by atoms with E-state index in [0.29, 0.717) is 32.2 Å². The van der Waals surface area contributed by atoms with E-state index in [0.717, 1.165) is 77.4 Å². The Morgan fingerprint density at radius 2 is 1.53 bits per heavy atom. The number of hydrogen-bond acceptors (Lipinski definition) is 8. The van der Waals surface area contributed by atoms with Gasteiger partial charge >= 0.3 is 5.97 Å². The molecule has 2 aliphatic rings. The first-order valence-corrected chi connectivity index (χ1v) is 18.5. The maximum atomic E-state index is 12.4. The molecule has 3 N–H and O–H groups in total. The molecule has 6 rings (SSSR count). The molecule has 2 aliphatic heterocycles. The number of aliphatic carboxylic acids is 1. The monoisotopic (exact) mass is 722 g/mol. The average molecular weight is 723 g/mol. The van der Waals surface area contributed by atoms with Crippen LogP contribution in [0.25, 0.3) is 11.1 Å². The first-order valence-electron chi connectivity index (χ1n) is 18.5. The summed E-state index contributed by atoms with van der Waals surface area (Å²) in [5.74, 6) is 0.659. The van der Waals surface area contributed by atoms with Crippen LogP contribution >= 0.6 is 0 Å². The van der Waals surface area contributed by atoms with Crippen molar-refractivity contribution in [2.75, 3.05) is 27.3 Å². The number of carboxylic acid groups (broad SMARTS) is 1. The summed E-state index contributed by atoms with van der Waals surface area (Å²) in [5.41, 5.74) is 8.46. The van der Waals surface area contributed by atoms with Crippen molar-refractivity contribution in [1.29, 1.82) is 0 Å². The van der Waals surface area contributed by atoms with Crippen molar-refractivity contribution in [3.63, 3.8) is 0 Å². The maximum Gasteiger partial charge on any atom is 0.303 e. The minimum atomic E-state index is -0.803. The Labute approximate surface area is 311 Å². The van der Waals surface area contributed by atoms with E-state index in [1.807, 2.05) is 36.4 Å². The van der Waals surface area contributed by atoms with Gasteiger partial charge in [0.1, 0.15) is 0 Å². The Balaban J connectivity index is 1.12. The molecule has 2 heterocycles. The highest BCUT2D eigenvalue weighted by molar-refractivity contribution is 5.76. The van der Waals surface area contributed by atoms with Crippen molar-refractivity contribution in [3.8, 4) is 22.6 Å². The van der Waals surface area contributed by atoms with E-state index < -0.39 is 12.3 Å². The summed E-state index contributed by atoms with van der Waals surface area (Å²) in [6.45, 7) is 2.88. The summed E-state index contributed by atoms with van der Waals surface area (Å²) in [7, 11) is 3.33. The number of unbranched alkanes of at least 4 members (excludes halogenated alkanes) is 2. The number of benzene rings is 4. The molecular formula is C43H50N2O8. The second-order valence-corrected chi connectivity index (χ2v) is 13.9. The molecule has 10 heteroatoms. The number of aliphatic hydroxyl groups excluding tert-OH is 1. The number of carbonyl (C=O) groups is 2. The Kier molecular flexibility index (Phi) is 13.1. The van der Waals surface area contributed by atoms with Crippen molar-refractivity contribution in [3.05, 3.63) is 118 Å². The molecule has 1 saturated heterocycles. The highest BCUT2D eigenvalue weighted by Crippen LogP contribution is 2.40. The zero-order valence-electron chi connectivity index (χ0n) is 30.6. The van der Waals surface area contributed by atoms with Crippen LogP contribution in [0.3, 0.4) is 0 Å². The molecule has 53 heavy (non-hydrogen) atoms. The third-order valence-corrected chi connectivity index (χ3v) is 10.1. The van der Waals surface area contributed by atoms with E-state index in [2.05, 4.69) is 58.7 Å². The summed E-state index contributed by atoms with van der Waals surface area (Å²) in [6.07, 6.45) is 3.32. The molecule has 10 nitrogen and oxygen atoms in total. The number of carbonyl (C=O) groups excluding carboxylic acids is 1. The molecule has 4 aromatic carbocycles. The highest BCUT2D eigenvalue weighted by atomic mass is 16.7. The molecular weight excluding hydrogens is 672 g/mol. The van der Waals surface area contributed by atoms with Crippen LogP contribution in [0, 0.1) is 0 Å². The van der Waals surface area contributed by atoms with Gasteiger partial charge in [-0.25, -0.2) is 0 Å². The lowest BCUT2D eigenvalue weighted by Gasteiger charge is -2.39. The van der Waals surface area contributed by atoms with Gasteiger partial charge in [-0.05, 0) is 76.4 Å². The lowest BCUT2D eigenvalue weighted by Crippen LogP contribution is -2.41. The minimum absolute atomic E-state index is 0.00523. The van der Waals surface area contributed by atoms with Crippen molar-refractivity contribution in [1.82, 2.24) is 10.2 Å². The van der Waals surface area contributed by atoms with Crippen molar-refractivity contribution in [2.45, 2.75) is 83.1 Å². The van der Waals surface area contributed by atoms with Crippen LogP contribution < -0.4 is 14.8 Å². The van der Waals surface area contributed by atoms with Gasteiger partial charge < -0.3 is 34.5 Å². The number of nitrogens with one attached hydrogen (secondary N) is 1.